The normalized spacial score (nSPS) is 36.2. The summed E-state index contributed by atoms with van der Waals surface area (Å²) in [5.74, 6) is 2.94. The van der Waals surface area contributed by atoms with Crippen molar-refractivity contribution in [3.8, 4) is 0 Å². The van der Waals surface area contributed by atoms with Crippen molar-refractivity contribution in [2.45, 2.75) is 83.8 Å². The molecule has 148 valence electrons. The SMILES string of the molecule is CCC/C=C/[C@H]1CO[C@H](CC[C@H]2CC[C@H](C3CC=C(F)CC3)CC2)OC1. The Morgan fingerprint density at radius 3 is 2.46 bits per heavy atom. The van der Waals surface area contributed by atoms with Gasteiger partial charge >= 0.3 is 0 Å². The molecule has 1 heterocycles. The molecular formula is C23H37FO2. The van der Waals surface area contributed by atoms with Gasteiger partial charge in [-0.2, -0.15) is 0 Å². The van der Waals surface area contributed by atoms with E-state index in [0.29, 0.717) is 12.3 Å². The van der Waals surface area contributed by atoms with E-state index in [-0.39, 0.29) is 12.1 Å². The van der Waals surface area contributed by atoms with Gasteiger partial charge in [-0.3, -0.25) is 0 Å². The molecule has 1 aliphatic heterocycles. The van der Waals surface area contributed by atoms with Gasteiger partial charge in [-0.25, -0.2) is 4.39 Å². The van der Waals surface area contributed by atoms with Gasteiger partial charge in [0.15, 0.2) is 6.29 Å². The second-order valence-corrected chi connectivity index (χ2v) is 8.62. The molecule has 2 aliphatic carbocycles. The van der Waals surface area contributed by atoms with Crippen molar-refractivity contribution in [1.82, 2.24) is 0 Å². The maximum absolute atomic E-state index is 13.2. The van der Waals surface area contributed by atoms with Crippen molar-refractivity contribution in [1.29, 1.82) is 0 Å². The Labute approximate surface area is 159 Å². The molecule has 3 aliphatic rings. The summed E-state index contributed by atoms with van der Waals surface area (Å²) in [7, 11) is 0. The minimum atomic E-state index is 0.00926. The van der Waals surface area contributed by atoms with Crippen molar-refractivity contribution in [2.75, 3.05) is 13.2 Å². The third kappa shape index (κ3) is 6.20. The second kappa shape index (κ2) is 10.6. The van der Waals surface area contributed by atoms with Crippen LogP contribution in [0.15, 0.2) is 24.1 Å². The van der Waals surface area contributed by atoms with Crippen molar-refractivity contribution >= 4 is 0 Å². The lowest BCUT2D eigenvalue weighted by Crippen LogP contribution is -2.31. The minimum absolute atomic E-state index is 0.00926. The van der Waals surface area contributed by atoms with Crippen LogP contribution in [0.3, 0.4) is 0 Å². The maximum atomic E-state index is 13.2. The standard InChI is InChI=1S/C23H37FO2/c1-2-3-4-5-19-16-25-23(26-17-19)15-8-18-6-9-20(10-7-18)21-11-13-22(24)14-12-21/h4-5,13,18-21,23H,2-3,6-12,14-17H2,1H3/b5-4+/t18-,19-,20-,21?,23-. The van der Waals surface area contributed by atoms with Gasteiger partial charge in [0.05, 0.1) is 19.0 Å². The largest absolute Gasteiger partial charge is 0.352 e. The first-order valence-electron chi connectivity index (χ1n) is 11.0. The summed E-state index contributed by atoms with van der Waals surface area (Å²) < 4.78 is 25.0. The molecule has 0 aromatic rings. The number of ether oxygens (including phenoxy) is 2. The molecule has 26 heavy (non-hydrogen) atoms. The summed E-state index contributed by atoms with van der Waals surface area (Å²) >= 11 is 0. The highest BCUT2D eigenvalue weighted by Gasteiger charge is 2.29. The number of allylic oxidation sites excluding steroid dienone is 3. The second-order valence-electron chi connectivity index (χ2n) is 8.62. The third-order valence-electron chi connectivity index (χ3n) is 6.62. The number of rotatable bonds is 7. The smallest absolute Gasteiger partial charge is 0.157 e. The lowest BCUT2D eigenvalue weighted by molar-refractivity contribution is -0.197. The molecule has 3 heteroatoms. The molecule has 0 N–H and O–H groups in total. The Kier molecular flexibility index (Phi) is 8.19. The van der Waals surface area contributed by atoms with E-state index in [1.165, 1.54) is 38.5 Å². The topological polar surface area (TPSA) is 18.5 Å². The van der Waals surface area contributed by atoms with Crippen LogP contribution in [0.2, 0.25) is 0 Å². The van der Waals surface area contributed by atoms with E-state index in [4.69, 9.17) is 9.47 Å². The van der Waals surface area contributed by atoms with Gasteiger partial charge in [0.2, 0.25) is 0 Å². The molecule has 2 fully saturated rings. The molecule has 0 aromatic heterocycles. The monoisotopic (exact) mass is 364 g/mol. The van der Waals surface area contributed by atoms with E-state index in [1.54, 1.807) is 0 Å². The van der Waals surface area contributed by atoms with E-state index in [2.05, 4.69) is 19.1 Å². The minimum Gasteiger partial charge on any atom is -0.352 e. The number of hydrogen-bond donors (Lipinski definition) is 0. The lowest BCUT2D eigenvalue weighted by Gasteiger charge is -2.35. The highest BCUT2D eigenvalue weighted by molar-refractivity contribution is 4.99. The van der Waals surface area contributed by atoms with E-state index >= 15 is 0 Å². The molecular weight excluding hydrogens is 327 g/mol. The van der Waals surface area contributed by atoms with Gasteiger partial charge < -0.3 is 9.47 Å². The van der Waals surface area contributed by atoms with Gasteiger partial charge in [0.1, 0.15) is 0 Å². The fraction of sp³-hybridized carbons (Fsp3) is 0.826. The third-order valence-corrected chi connectivity index (χ3v) is 6.62. The zero-order chi connectivity index (χ0) is 18.2. The number of hydrogen-bond acceptors (Lipinski definition) is 2. The predicted octanol–water partition coefficient (Wildman–Crippen LogP) is 6.57. The Bertz CT molecular complexity index is 457. The highest BCUT2D eigenvalue weighted by Crippen LogP contribution is 2.41. The van der Waals surface area contributed by atoms with Gasteiger partial charge in [0, 0.05) is 5.92 Å². The molecule has 0 bridgehead atoms. The van der Waals surface area contributed by atoms with Crippen molar-refractivity contribution in [3.05, 3.63) is 24.1 Å². The summed E-state index contributed by atoms with van der Waals surface area (Å²) in [4.78, 5) is 0. The molecule has 1 saturated carbocycles. The summed E-state index contributed by atoms with van der Waals surface area (Å²) in [6.45, 7) is 3.82. The van der Waals surface area contributed by atoms with Crippen LogP contribution in [0, 0.1) is 23.7 Å². The summed E-state index contributed by atoms with van der Waals surface area (Å²) in [5, 5.41) is 0. The van der Waals surface area contributed by atoms with Crippen LogP contribution in [0.1, 0.15) is 77.6 Å². The lowest BCUT2D eigenvalue weighted by atomic mass is 9.71. The average molecular weight is 365 g/mol. The zero-order valence-electron chi connectivity index (χ0n) is 16.5. The van der Waals surface area contributed by atoms with Crippen LogP contribution in [-0.2, 0) is 9.47 Å². The fourth-order valence-corrected chi connectivity index (χ4v) is 4.86. The fourth-order valence-electron chi connectivity index (χ4n) is 4.86. The first-order chi connectivity index (χ1) is 12.7. The molecule has 3 rings (SSSR count). The average Bonchev–Trinajstić information content (AvgIpc) is 2.69. The molecule has 0 radical (unpaired) electrons. The first-order valence-corrected chi connectivity index (χ1v) is 11.0. The number of halogens is 1. The van der Waals surface area contributed by atoms with Crippen LogP contribution < -0.4 is 0 Å². The molecule has 0 amide bonds. The van der Waals surface area contributed by atoms with Crippen LogP contribution in [0.4, 0.5) is 4.39 Å². The molecule has 1 saturated heterocycles. The van der Waals surface area contributed by atoms with Gasteiger partial charge in [-0.1, -0.05) is 44.4 Å². The van der Waals surface area contributed by atoms with Crippen LogP contribution in [-0.4, -0.2) is 19.5 Å². The molecule has 1 unspecified atom stereocenters. The van der Waals surface area contributed by atoms with E-state index < -0.39 is 0 Å². The summed E-state index contributed by atoms with van der Waals surface area (Å²) in [6.07, 6.45) is 19.0. The zero-order valence-corrected chi connectivity index (χ0v) is 16.5. The van der Waals surface area contributed by atoms with E-state index in [9.17, 15) is 4.39 Å². The van der Waals surface area contributed by atoms with Crippen LogP contribution >= 0.6 is 0 Å². The predicted molar refractivity (Wildman–Crippen MR) is 104 cm³/mol. The van der Waals surface area contributed by atoms with Gasteiger partial charge in [-0.05, 0) is 69.1 Å². The van der Waals surface area contributed by atoms with Crippen molar-refractivity contribution in [2.24, 2.45) is 23.7 Å². The first kappa shape index (κ1) is 20.1. The maximum Gasteiger partial charge on any atom is 0.157 e. The Morgan fingerprint density at radius 1 is 1.04 bits per heavy atom. The van der Waals surface area contributed by atoms with Crippen molar-refractivity contribution < 1.29 is 13.9 Å². The summed E-state index contributed by atoms with van der Waals surface area (Å²) in [6, 6.07) is 0. The van der Waals surface area contributed by atoms with Crippen LogP contribution in [0.5, 0.6) is 0 Å². The quantitative estimate of drug-likeness (QED) is 0.476. The number of unbranched alkanes of at least 4 members (excludes halogenated alkanes) is 1. The van der Waals surface area contributed by atoms with Gasteiger partial charge in [-0.15, -0.1) is 0 Å². The Morgan fingerprint density at radius 2 is 1.81 bits per heavy atom. The highest BCUT2D eigenvalue weighted by atomic mass is 19.1. The molecule has 0 aromatic carbocycles. The Hall–Kier alpha value is -0.670. The molecule has 2 nitrogen and oxygen atoms in total. The molecule has 0 spiro atoms. The Balaban J connectivity index is 1.29. The van der Waals surface area contributed by atoms with Gasteiger partial charge in [0.25, 0.3) is 0 Å². The van der Waals surface area contributed by atoms with Crippen molar-refractivity contribution in [3.63, 3.8) is 0 Å². The van der Waals surface area contributed by atoms with Crippen LogP contribution in [0.25, 0.3) is 0 Å². The van der Waals surface area contributed by atoms with E-state index in [1.807, 2.05) is 6.08 Å². The summed E-state index contributed by atoms with van der Waals surface area (Å²) in [5.41, 5.74) is 0. The molecule has 1 atom stereocenters. The van der Waals surface area contributed by atoms with E-state index in [0.717, 1.165) is 56.7 Å².